The maximum atomic E-state index is 11.5. The summed E-state index contributed by atoms with van der Waals surface area (Å²) in [6, 6.07) is 7.61. The van der Waals surface area contributed by atoms with Gasteiger partial charge in [0.1, 0.15) is 11.9 Å². The second-order valence-corrected chi connectivity index (χ2v) is 5.18. The van der Waals surface area contributed by atoms with E-state index in [2.05, 4.69) is 21.2 Å². The smallest absolute Gasteiger partial charge is 0.224 e. The topological polar surface area (TPSA) is 64.4 Å². The fraction of sp³-hybridized carbons (Fsp3) is 0.462. The van der Waals surface area contributed by atoms with Crippen molar-refractivity contribution in [3.05, 3.63) is 28.7 Å². The normalized spacial score (nSPS) is 13.1. The van der Waals surface area contributed by atoms with E-state index in [1.165, 1.54) is 0 Å². The van der Waals surface area contributed by atoms with Crippen molar-refractivity contribution >= 4 is 34.2 Å². The number of halogens is 2. The van der Waals surface area contributed by atoms with Crippen molar-refractivity contribution in [3.8, 4) is 5.75 Å². The van der Waals surface area contributed by atoms with Gasteiger partial charge in [0, 0.05) is 16.9 Å². The van der Waals surface area contributed by atoms with Gasteiger partial charge in [-0.1, -0.05) is 28.9 Å². The molecule has 0 aliphatic carbocycles. The highest BCUT2D eigenvalue weighted by atomic mass is 79.9. The molecule has 1 amide bonds. The van der Waals surface area contributed by atoms with Crippen molar-refractivity contribution < 1.29 is 9.53 Å². The summed E-state index contributed by atoms with van der Waals surface area (Å²) in [4.78, 5) is 11.5. The molecule has 0 aliphatic rings. The highest BCUT2D eigenvalue weighted by molar-refractivity contribution is 9.10. The predicted molar refractivity (Wildman–Crippen MR) is 82.7 cm³/mol. The molecule has 0 aliphatic heterocycles. The number of amides is 1. The summed E-state index contributed by atoms with van der Waals surface area (Å²) >= 11 is 3.38. The van der Waals surface area contributed by atoms with E-state index in [0.29, 0.717) is 13.1 Å². The van der Waals surface area contributed by atoms with Crippen LogP contribution < -0.4 is 15.8 Å². The van der Waals surface area contributed by atoms with Crippen LogP contribution in [0.5, 0.6) is 5.75 Å². The number of hydrogen-bond acceptors (Lipinski definition) is 3. The zero-order valence-corrected chi connectivity index (χ0v) is 13.5. The molecule has 19 heavy (non-hydrogen) atoms. The van der Waals surface area contributed by atoms with Crippen molar-refractivity contribution in [3.63, 3.8) is 0 Å². The maximum Gasteiger partial charge on any atom is 0.224 e. The van der Waals surface area contributed by atoms with E-state index in [4.69, 9.17) is 10.5 Å². The van der Waals surface area contributed by atoms with E-state index in [-0.39, 0.29) is 30.3 Å². The second-order valence-electron chi connectivity index (χ2n) is 4.27. The van der Waals surface area contributed by atoms with Crippen LogP contribution in [0.15, 0.2) is 28.7 Å². The van der Waals surface area contributed by atoms with Crippen LogP contribution >= 0.6 is 28.3 Å². The molecule has 4 nitrogen and oxygen atoms in total. The molecule has 1 aromatic carbocycles. The lowest BCUT2D eigenvalue weighted by atomic mass is 10.1. The lowest BCUT2D eigenvalue weighted by Crippen LogP contribution is -2.38. The first kappa shape index (κ1) is 18.2. The first-order valence-corrected chi connectivity index (χ1v) is 6.72. The zero-order valence-electron chi connectivity index (χ0n) is 11.1. The number of ether oxygens (including phenoxy) is 1. The number of benzene rings is 1. The fourth-order valence-corrected chi connectivity index (χ4v) is 1.72. The van der Waals surface area contributed by atoms with E-state index in [9.17, 15) is 4.79 Å². The van der Waals surface area contributed by atoms with E-state index < -0.39 is 0 Å². The van der Waals surface area contributed by atoms with E-state index >= 15 is 0 Å². The van der Waals surface area contributed by atoms with Gasteiger partial charge in [-0.15, -0.1) is 12.4 Å². The van der Waals surface area contributed by atoms with Gasteiger partial charge < -0.3 is 15.8 Å². The fourth-order valence-electron chi connectivity index (χ4n) is 1.34. The Balaban J connectivity index is 0.00000324. The van der Waals surface area contributed by atoms with Gasteiger partial charge in [0.2, 0.25) is 5.91 Å². The molecule has 0 saturated heterocycles. The van der Waals surface area contributed by atoms with E-state index in [0.717, 1.165) is 10.2 Å². The minimum absolute atomic E-state index is 0. The average molecular weight is 352 g/mol. The monoisotopic (exact) mass is 350 g/mol. The molecule has 3 N–H and O–H groups in total. The second kappa shape index (κ2) is 9.18. The Morgan fingerprint density at radius 3 is 2.74 bits per heavy atom. The highest BCUT2D eigenvalue weighted by Gasteiger charge is 2.12. The molecule has 2 atom stereocenters. The van der Waals surface area contributed by atoms with Crippen LogP contribution in [0.25, 0.3) is 0 Å². The molecular formula is C13H20BrClN2O2. The quantitative estimate of drug-likeness (QED) is 0.827. The van der Waals surface area contributed by atoms with Crippen LogP contribution in [-0.4, -0.2) is 25.1 Å². The highest BCUT2D eigenvalue weighted by Crippen LogP contribution is 2.18. The molecule has 6 heteroatoms. The molecule has 0 aromatic heterocycles. The summed E-state index contributed by atoms with van der Waals surface area (Å²) in [5, 5.41) is 2.81. The van der Waals surface area contributed by atoms with Crippen molar-refractivity contribution in [1.29, 1.82) is 0 Å². The Kier molecular flexibility index (Phi) is 8.80. The van der Waals surface area contributed by atoms with Crippen LogP contribution in [0.1, 0.15) is 13.8 Å². The van der Waals surface area contributed by atoms with Crippen molar-refractivity contribution in [2.45, 2.75) is 20.0 Å². The van der Waals surface area contributed by atoms with Crippen molar-refractivity contribution in [1.82, 2.24) is 5.32 Å². The Morgan fingerprint density at radius 1 is 1.47 bits per heavy atom. The van der Waals surface area contributed by atoms with Gasteiger partial charge in [-0.25, -0.2) is 0 Å². The summed E-state index contributed by atoms with van der Waals surface area (Å²) in [7, 11) is 0. The van der Waals surface area contributed by atoms with Crippen LogP contribution in [0.3, 0.4) is 0 Å². The number of nitrogens with two attached hydrogens (primary N) is 1. The third-order valence-electron chi connectivity index (χ3n) is 2.50. The average Bonchev–Trinajstić information content (AvgIpc) is 2.35. The van der Waals surface area contributed by atoms with Crippen LogP contribution in [0, 0.1) is 5.92 Å². The Morgan fingerprint density at radius 2 is 2.16 bits per heavy atom. The number of carbonyl (C=O) groups is 1. The molecule has 2 unspecified atom stereocenters. The molecule has 0 spiro atoms. The first-order chi connectivity index (χ1) is 8.52. The molecule has 108 valence electrons. The van der Waals surface area contributed by atoms with E-state index in [1.54, 1.807) is 6.92 Å². The largest absolute Gasteiger partial charge is 0.489 e. The third kappa shape index (κ3) is 6.80. The van der Waals surface area contributed by atoms with Gasteiger partial charge in [-0.2, -0.15) is 0 Å². The molecule has 0 heterocycles. The molecule has 0 bridgehead atoms. The molecule has 1 rings (SSSR count). The lowest BCUT2D eigenvalue weighted by Gasteiger charge is -2.17. The summed E-state index contributed by atoms with van der Waals surface area (Å²) < 4.78 is 6.65. The van der Waals surface area contributed by atoms with Gasteiger partial charge >= 0.3 is 0 Å². The van der Waals surface area contributed by atoms with E-state index in [1.807, 2.05) is 31.2 Å². The summed E-state index contributed by atoms with van der Waals surface area (Å²) in [5.41, 5.74) is 5.42. The Hall–Kier alpha value is -0.780. The van der Waals surface area contributed by atoms with Crippen LogP contribution in [-0.2, 0) is 4.79 Å². The van der Waals surface area contributed by atoms with Gasteiger partial charge in [0.15, 0.2) is 0 Å². The molecule has 0 saturated carbocycles. The first-order valence-electron chi connectivity index (χ1n) is 5.93. The van der Waals surface area contributed by atoms with Gasteiger partial charge in [-0.05, 0) is 25.1 Å². The standard InChI is InChI=1S/C13H19BrN2O2.ClH/c1-9(7-15)13(17)16-8-10(2)18-12-5-3-4-11(14)6-12;/h3-6,9-10H,7-8,15H2,1-2H3,(H,16,17);1H. The van der Waals surface area contributed by atoms with Crippen LogP contribution in [0.4, 0.5) is 0 Å². The zero-order chi connectivity index (χ0) is 13.5. The third-order valence-corrected chi connectivity index (χ3v) is 2.99. The van der Waals surface area contributed by atoms with Crippen molar-refractivity contribution in [2.24, 2.45) is 11.7 Å². The molecular weight excluding hydrogens is 332 g/mol. The molecule has 0 fully saturated rings. The summed E-state index contributed by atoms with van der Waals surface area (Å²) in [6.07, 6.45) is -0.0896. The number of nitrogens with one attached hydrogen (secondary N) is 1. The Bertz CT molecular complexity index is 404. The van der Waals surface area contributed by atoms with Crippen molar-refractivity contribution in [2.75, 3.05) is 13.1 Å². The number of carbonyl (C=O) groups excluding carboxylic acids is 1. The summed E-state index contributed by atoms with van der Waals surface area (Å²) in [5.74, 6) is 0.572. The van der Waals surface area contributed by atoms with Gasteiger partial charge in [0.25, 0.3) is 0 Å². The number of hydrogen-bond donors (Lipinski definition) is 2. The minimum Gasteiger partial charge on any atom is -0.489 e. The maximum absolute atomic E-state index is 11.5. The van der Waals surface area contributed by atoms with Gasteiger partial charge in [0.05, 0.1) is 6.54 Å². The summed E-state index contributed by atoms with van der Waals surface area (Å²) in [6.45, 7) is 4.53. The predicted octanol–water partition coefficient (Wildman–Crippen LogP) is 2.35. The number of rotatable bonds is 6. The van der Waals surface area contributed by atoms with Gasteiger partial charge in [-0.3, -0.25) is 4.79 Å². The minimum atomic E-state index is -0.164. The molecule has 0 radical (unpaired) electrons. The molecule has 1 aromatic rings. The SMILES string of the molecule is CC(CNC(=O)C(C)CN)Oc1cccc(Br)c1.Cl. The lowest BCUT2D eigenvalue weighted by molar-refractivity contribution is -0.124. The Labute approximate surface area is 128 Å². The van der Waals surface area contributed by atoms with Crippen LogP contribution in [0.2, 0.25) is 0 Å².